The van der Waals surface area contributed by atoms with Gasteiger partial charge in [0.05, 0.1) is 6.10 Å². The van der Waals surface area contributed by atoms with Gasteiger partial charge in [-0.2, -0.15) is 0 Å². The highest BCUT2D eigenvalue weighted by molar-refractivity contribution is 5.10. The molecule has 0 amide bonds. The lowest BCUT2D eigenvalue weighted by Gasteiger charge is -2.26. The topological polar surface area (TPSA) is 33.1 Å². The Morgan fingerprint density at radius 3 is 2.59 bits per heavy atom. The van der Waals surface area contributed by atoms with Gasteiger partial charge >= 0.3 is 0 Å². The van der Waals surface area contributed by atoms with E-state index in [1.165, 1.54) is 12.8 Å². The first-order chi connectivity index (χ1) is 8.20. The summed E-state index contributed by atoms with van der Waals surface area (Å²) in [6, 6.07) is 5.90. The summed E-state index contributed by atoms with van der Waals surface area (Å²) < 4.78 is 0. The third-order valence-electron chi connectivity index (χ3n) is 3.60. The van der Waals surface area contributed by atoms with Crippen LogP contribution in [0.1, 0.15) is 58.1 Å². The van der Waals surface area contributed by atoms with Crippen molar-refractivity contribution in [2.45, 2.75) is 58.5 Å². The lowest BCUT2D eigenvalue weighted by molar-refractivity contribution is 0.0761. The van der Waals surface area contributed by atoms with Gasteiger partial charge in [-0.05, 0) is 24.5 Å². The van der Waals surface area contributed by atoms with Crippen molar-refractivity contribution in [3.8, 4) is 0 Å². The van der Waals surface area contributed by atoms with E-state index in [9.17, 15) is 5.11 Å². The fraction of sp³-hybridized carbons (Fsp3) is 0.667. The van der Waals surface area contributed by atoms with E-state index in [1.54, 1.807) is 6.20 Å². The summed E-state index contributed by atoms with van der Waals surface area (Å²) in [4.78, 5) is 4.34. The molecule has 0 aliphatic rings. The molecule has 1 N–H and O–H groups in total. The van der Waals surface area contributed by atoms with Crippen LogP contribution in [0.3, 0.4) is 0 Å². The van der Waals surface area contributed by atoms with Gasteiger partial charge < -0.3 is 5.11 Å². The molecule has 0 saturated carbocycles. The van der Waals surface area contributed by atoms with Crippen molar-refractivity contribution in [1.29, 1.82) is 0 Å². The summed E-state index contributed by atoms with van der Waals surface area (Å²) in [6.45, 7) is 6.43. The van der Waals surface area contributed by atoms with Crippen molar-refractivity contribution in [2.75, 3.05) is 0 Å². The number of aliphatic hydroxyl groups is 1. The van der Waals surface area contributed by atoms with Crippen molar-refractivity contribution >= 4 is 0 Å². The molecule has 0 radical (unpaired) electrons. The van der Waals surface area contributed by atoms with Gasteiger partial charge in [0, 0.05) is 17.8 Å². The van der Waals surface area contributed by atoms with Gasteiger partial charge in [0.25, 0.3) is 0 Å². The third kappa shape index (κ3) is 4.12. The van der Waals surface area contributed by atoms with Crippen molar-refractivity contribution < 1.29 is 5.11 Å². The molecular formula is C15H25NO. The average molecular weight is 235 g/mol. The molecule has 0 aromatic carbocycles. The Kier molecular flexibility index (Phi) is 6.20. The molecule has 17 heavy (non-hydrogen) atoms. The maximum atomic E-state index is 10.4. The van der Waals surface area contributed by atoms with Crippen molar-refractivity contribution in [3.05, 3.63) is 30.1 Å². The Hall–Kier alpha value is -0.890. The molecule has 0 aliphatic heterocycles. The Bertz CT molecular complexity index is 299. The first kappa shape index (κ1) is 14.2. The second-order valence-electron chi connectivity index (χ2n) is 4.84. The Morgan fingerprint density at radius 1 is 1.29 bits per heavy atom. The summed E-state index contributed by atoms with van der Waals surface area (Å²) in [5.41, 5.74) is 0.995. The minimum absolute atomic E-state index is 0.123. The maximum absolute atomic E-state index is 10.4. The van der Waals surface area contributed by atoms with Gasteiger partial charge in [0.15, 0.2) is 0 Å². The fourth-order valence-electron chi connectivity index (χ4n) is 2.31. The van der Waals surface area contributed by atoms with E-state index >= 15 is 0 Å². The second kappa shape index (κ2) is 7.44. The van der Waals surface area contributed by atoms with Crippen LogP contribution in [0.25, 0.3) is 0 Å². The van der Waals surface area contributed by atoms with E-state index < -0.39 is 0 Å². The summed E-state index contributed by atoms with van der Waals surface area (Å²) in [5, 5.41) is 10.4. The van der Waals surface area contributed by atoms with Crippen molar-refractivity contribution in [2.24, 2.45) is 5.92 Å². The number of hydrogen-bond acceptors (Lipinski definition) is 2. The molecule has 2 nitrogen and oxygen atoms in total. The van der Waals surface area contributed by atoms with Gasteiger partial charge in [-0.25, -0.2) is 0 Å². The average Bonchev–Trinajstić information content (AvgIpc) is 2.39. The first-order valence-corrected chi connectivity index (χ1v) is 6.79. The largest absolute Gasteiger partial charge is 0.392 e. The molecule has 1 heterocycles. The number of pyridine rings is 1. The molecule has 0 spiro atoms. The van der Waals surface area contributed by atoms with Crippen LogP contribution in [0.5, 0.6) is 0 Å². The van der Waals surface area contributed by atoms with E-state index in [0.717, 1.165) is 18.5 Å². The van der Waals surface area contributed by atoms with Crippen LogP contribution in [-0.4, -0.2) is 16.2 Å². The molecule has 1 rings (SSSR count). The lowest BCUT2D eigenvalue weighted by Crippen LogP contribution is -2.26. The molecule has 0 fully saturated rings. The summed E-state index contributed by atoms with van der Waals surface area (Å²) in [5.74, 6) is 0.518. The van der Waals surface area contributed by atoms with E-state index in [2.05, 4.69) is 25.8 Å². The SMILES string of the molecule is CCCCC(CC)C(O)C(C)c1ccccn1. The number of unbranched alkanes of at least 4 members (excludes halogenated alkanes) is 1. The third-order valence-corrected chi connectivity index (χ3v) is 3.60. The molecule has 1 aromatic heterocycles. The summed E-state index contributed by atoms with van der Waals surface area (Å²) in [6.07, 6.45) is 6.07. The highest BCUT2D eigenvalue weighted by atomic mass is 16.3. The summed E-state index contributed by atoms with van der Waals surface area (Å²) >= 11 is 0. The zero-order chi connectivity index (χ0) is 12.7. The minimum atomic E-state index is -0.276. The predicted octanol–water partition coefficient (Wildman–Crippen LogP) is 3.76. The van der Waals surface area contributed by atoms with Crippen molar-refractivity contribution in [1.82, 2.24) is 4.98 Å². The molecule has 0 saturated heterocycles. The van der Waals surface area contributed by atoms with Crippen LogP contribution in [0.2, 0.25) is 0 Å². The first-order valence-electron chi connectivity index (χ1n) is 6.79. The smallest absolute Gasteiger partial charge is 0.0649 e. The number of rotatable bonds is 7. The van der Waals surface area contributed by atoms with Gasteiger partial charge in [0.1, 0.15) is 0 Å². The predicted molar refractivity (Wildman–Crippen MR) is 72.0 cm³/mol. The maximum Gasteiger partial charge on any atom is 0.0649 e. The summed E-state index contributed by atoms with van der Waals surface area (Å²) in [7, 11) is 0. The molecule has 2 heteroatoms. The molecular weight excluding hydrogens is 210 g/mol. The van der Waals surface area contributed by atoms with Crippen LogP contribution in [-0.2, 0) is 0 Å². The van der Waals surface area contributed by atoms with E-state index in [-0.39, 0.29) is 12.0 Å². The molecule has 1 aromatic rings. The van der Waals surface area contributed by atoms with Crippen LogP contribution in [0.15, 0.2) is 24.4 Å². The standard InChI is InChI=1S/C15H25NO/c1-4-6-9-13(5-2)15(17)12(3)14-10-7-8-11-16-14/h7-8,10-13,15,17H,4-6,9H2,1-3H3. The number of aliphatic hydroxyl groups excluding tert-OH is 1. The Morgan fingerprint density at radius 2 is 2.06 bits per heavy atom. The van der Waals surface area contributed by atoms with Gasteiger partial charge in [0.2, 0.25) is 0 Å². The zero-order valence-corrected chi connectivity index (χ0v) is 11.3. The number of nitrogens with zero attached hydrogens (tertiary/aromatic N) is 1. The second-order valence-corrected chi connectivity index (χ2v) is 4.84. The number of hydrogen-bond donors (Lipinski definition) is 1. The highest BCUT2D eigenvalue weighted by Gasteiger charge is 2.24. The Balaban J connectivity index is 2.63. The van der Waals surface area contributed by atoms with Crippen LogP contribution in [0, 0.1) is 5.92 Å². The molecule has 96 valence electrons. The highest BCUT2D eigenvalue weighted by Crippen LogP contribution is 2.27. The zero-order valence-electron chi connectivity index (χ0n) is 11.3. The monoisotopic (exact) mass is 235 g/mol. The van der Waals surface area contributed by atoms with Gasteiger partial charge in [-0.1, -0.05) is 46.1 Å². The molecule has 0 bridgehead atoms. The van der Waals surface area contributed by atoms with Crippen molar-refractivity contribution in [3.63, 3.8) is 0 Å². The Labute approximate surface area is 105 Å². The van der Waals surface area contributed by atoms with Crippen LogP contribution >= 0.6 is 0 Å². The fourth-order valence-corrected chi connectivity index (χ4v) is 2.31. The number of aromatic nitrogens is 1. The van der Waals surface area contributed by atoms with Gasteiger partial charge in [-0.15, -0.1) is 0 Å². The lowest BCUT2D eigenvalue weighted by atomic mass is 9.85. The minimum Gasteiger partial charge on any atom is -0.392 e. The van der Waals surface area contributed by atoms with Crippen LogP contribution < -0.4 is 0 Å². The van der Waals surface area contributed by atoms with E-state index in [0.29, 0.717) is 5.92 Å². The van der Waals surface area contributed by atoms with E-state index in [1.807, 2.05) is 18.2 Å². The molecule has 3 atom stereocenters. The quantitative estimate of drug-likeness (QED) is 0.780. The normalized spacial score (nSPS) is 16.5. The van der Waals surface area contributed by atoms with E-state index in [4.69, 9.17) is 0 Å². The van der Waals surface area contributed by atoms with Gasteiger partial charge in [-0.3, -0.25) is 4.98 Å². The molecule has 3 unspecified atom stereocenters. The van der Waals surface area contributed by atoms with Crippen LogP contribution in [0.4, 0.5) is 0 Å². The molecule has 0 aliphatic carbocycles.